The highest BCUT2D eigenvalue weighted by atomic mass is 16.6. The minimum absolute atomic E-state index is 0.291. The molecule has 0 atom stereocenters. The lowest BCUT2D eigenvalue weighted by Gasteiger charge is -2.44. The van der Waals surface area contributed by atoms with Crippen molar-refractivity contribution in [2.24, 2.45) is 0 Å². The maximum atomic E-state index is 12.8. The van der Waals surface area contributed by atoms with Gasteiger partial charge in [-0.25, -0.2) is 0 Å². The van der Waals surface area contributed by atoms with Crippen LogP contribution in [0.25, 0.3) is 0 Å². The Morgan fingerprint density at radius 1 is 0.750 bits per heavy atom. The van der Waals surface area contributed by atoms with Crippen molar-refractivity contribution in [3.8, 4) is 0 Å². The predicted molar refractivity (Wildman–Crippen MR) is 101 cm³/mol. The second-order valence-corrected chi connectivity index (χ2v) is 9.80. The quantitative estimate of drug-likeness (QED) is 0.761. The van der Waals surface area contributed by atoms with Crippen LogP contribution in [-0.4, -0.2) is 47.4 Å². The first kappa shape index (κ1) is 21.5. The van der Waals surface area contributed by atoms with Crippen molar-refractivity contribution in [2.75, 3.05) is 0 Å². The molecule has 0 spiro atoms. The van der Waals surface area contributed by atoms with Crippen LogP contribution in [0.4, 0.5) is 0 Å². The van der Waals surface area contributed by atoms with Crippen LogP contribution < -0.4 is 0 Å². The third-order valence-corrected chi connectivity index (χ3v) is 7.46. The largest absolute Gasteiger partial charge is 0.783 e. The normalized spacial score (nSPS) is 32.9. The van der Waals surface area contributed by atoms with Crippen LogP contribution in [0.2, 0.25) is 0 Å². The Morgan fingerprint density at radius 3 is 1.50 bits per heavy atom. The summed E-state index contributed by atoms with van der Waals surface area (Å²) in [4.78, 5) is 4.29. The molecular formula is C19H29N5O4-2. The minimum Gasteiger partial charge on any atom is -0.783 e. The van der Waals surface area contributed by atoms with Gasteiger partial charge in [0.25, 0.3) is 0 Å². The van der Waals surface area contributed by atoms with Crippen LogP contribution in [0.3, 0.4) is 0 Å². The van der Waals surface area contributed by atoms with E-state index < -0.39 is 34.5 Å². The zero-order chi connectivity index (χ0) is 21.4. The predicted octanol–water partition coefficient (Wildman–Crippen LogP) is 3.12. The van der Waals surface area contributed by atoms with Crippen LogP contribution in [0.5, 0.6) is 0 Å². The first-order valence-corrected chi connectivity index (χ1v) is 9.42. The SMILES string of the molecule is CC1(C)N([O])C(c2ccc(C3N([O])C(C)(C)C(C)(C)N3[O-])nc2)N([O-])C1(C)C. The molecule has 1 aromatic heterocycles. The lowest BCUT2D eigenvalue weighted by Crippen LogP contribution is -2.51. The molecule has 156 valence electrons. The van der Waals surface area contributed by atoms with Gasteiger partial charge in [-0.1, -0.05) is 6.07 Å². The second-order valence-electron chi connectivity index (χ2n) is 9.80. The Balaban J connectivity index is 1.94. The maximum absolute atomic E-state index is 12.8. The molecule has 9 nitrogen and oxygen atoms in total. The molecular weight excluding hydrogens is 362 g/mol. The van der Waals surface area contributed by atoms with Gasteiger partial charge < -0.3 is 20.5 Å². The summed E-state index contributed by atoms with van der Waals surface area (Å²) >= 11 is 0. The van der Waals surface area contributed by atoms with Crippen LogP contribution in [0.1, 0.15) is 79.0 Å². The summed E-state index contributed by atoms with van der Waals surface area (Å²) in [6, 6.07) is 3.15. The molecule has 9 heteroatoms. The van der Waals surface area contributed by atoms with E-state index in [1.807, 2.05) is 0 Å². The van der Waals surface area contributed by atoms with Crippen molar-refractivity contribution in [2.45, 2.75) is 89.9 Å². The zero-order valence-corrected chi connectivity index (χ0v) is 17.8. The summed E-state index contributed by atoms with van der Waals surface area (Å²) in [6.45, 7) is 13.9. The molecule has 2 saturated heterocycles. The first-order valence-electron chi connectivity index (χ1n) is 9.42. The van der Waals surface area contributed by atoms with Crippen molar-refractivity contribution >= 4 is 0 Å². The van der Waals surface area contributed by atoms with Crippen LogP contribution in [0.15, 0.2) is 18.3 Å². The van der Waals surface area contributed by atoms with E-state index in [1.54, 1.807) is 67.5 Å². The molecule has 0 aliphatic carbocycles. The van der Waals surface area contributed by atoms with Crippen molar-refractivity contribution in [1.29, 1.82) is 0 Å². The summed E-state index contributed by atoms with van der Waals surface area (Å²) in [6.07, 6.45) is -0.704. The van der Waals surface area contributed by atoms with Crippen molar-refractivity contribution in [3.05, 3.63) is 40.0 Å². The smallest absolute Gasteiger partial charge is 0.122 e. The Kier molecular flexibility index (Phi) is 4.74. The van der Waals surface area contributed by atoms with E-state index in [2.05, 4.69) is 4.98 Å². The fourth-order valence-electron chi connectivity index (χ4n) is 3.73. The number of rotatable bonds is 2. The molecule has 2 radical (unpaired) electrons. The highest BCUT2D eigenvalue weighted by molar-refractivity contribution is 5.26. The molecule has 0 bridgehead atoms. The number of nitrogens with zero attached hydrogens (tertiary/aromatic N) is 5. The van der Waals surface area contributed by atoms with E-state index in [0.717, 1.165) is 20.3 Å². The van der Waals surface area contributed by atoms with Gasteiger partial charge in [-0.05, 0) is 61.5 Å². The van der Waals surface area contributed by atoms with Crippen molar-refractivity contribution < 1.29 is 10.4 Å². The summed E-state index contributed by atoms with van der Waals surface area (Å²) in [7, 11) is 0. The molecule has 1 aromatic rings. The molecule has 2 aliphatic heterocycles. The number of pyridine rings is 1. The van der Waals surface area contributed by atoms with Gasteiger partial charge in [0.2, 0.25) is 0 Å². The summed E-state index contributed by atoms with van der Waals surface area (Å²) in [5.74, 6) is 0. The average molecular weight is 391 g/mol. The molecule has 2 aliphatic rings. The highest BCUT2D eigenvalue weighted by Gasteiger charge is 2.57. The van der Waals surface area contributed by atoms with E-state index >= 15 is 0 Å². The summed E-state index contributed by atoms with van der Waals surface area (Å²) in [5.41, 5.74) is -2.88. The monoisotopic (exact) mass is 391 g/mol. The molecule has 28 heavy (non-hydrogen) atoms. The molecule has 0 aromatic carbocycles. The molecule has 0 saturated carbocycles. The molecule has 0 N–H and O–H groups in total. The lowest BCUT2D eigenvalue weighted by molar-refractivity contribution is -0.233. The summed E-state index contributed by atoms with van der Waals surface area (Å²) in [5, 5.41) is 54.3. The van der Waals surface area contributed by atoms with E-state index in [-0.39, 0.29) is 0 Å². The average Bonchev–Trinajstić information content (AvgIpc) is 2.80. The van der Waals surface area contributed by atoms with Gasteiger partial charge in [0.1, 0.15) is 12.3 Å². The third kappa shape index (κ3) is 2.52. The fourth-order valence-corrected chi connectivity index (χ4v) is 3.73. The Labute approximate surface area is 166 Å². The van der Waals surface area contributed by atoms with Crippen molar-refractivity contribution in [3.63, 3.8) is 0 Å². The van der Waals surface area contributed by atoms with E-state index in [1.165, 1.54) is 6.20 Å². The van der Waals surface area contributed by atoms with Crippen molar-refractivity contribution in [1.82, 2.24) is 25.2 Å². The number of hydroxylamine groups is 8. The molecule has 0 amide bonds. The van der Waals surface area contributed by atoms with Gasteiger partial charge in [-0.2, -0.15) is 0 Å². The number of hydrogen-bond acceptors (Lipinski definition) is 7. The van der Waals surface area contributed by atoms with Crippen LogP contribution in [-0.2, 0) is 10.4 Å². The Morgan fingerprint density at radius 2 is 1.18 bits per heavy atom. The van der Waals surface area contributed by atoms with E-state index in [4.69, 9.17) is 0 Å². The van der Waals surface area contributed by atoms with Crippen LogP contribution in [0, 0.1) is 10.4 Å². The molecule has 2 fully saturated rings. The Bertz CT molecular complexity index is 646. The fraction of sp³-hybridized carbons (Fsp3) is 0.737. The van der Waals surface area contributed by atoms with Gasteiger partial charge in [0.05, 0.1) is 16.8 Å². The minimum atomic E-state index is -1.08. The summed E-state index contributed by atoms with van der Waals surface area (Å²) < 4.78 is 0. The lowest BCUT2D eigenvalue weighted by atomic mass is 9.84. The van der Waals surface area contributed by atoms with E-state index in [0.29, 0.717) is 11.3 Å². The van der Waals surface area contributed by atoms with Gasteiger partial charge in [0.15, 0.2) is 0 Å². The maximum Gasteiger partial charge on any atom is 0.122 e. The molecule has 0 unspecified atom stereocenters. The van der Waals surface area contributed by atoms with Gasteiger partial charge in [-0.3, -0.25) is 4.98 Å². The topological polar surface area (TPSA) is 112 Å². The van der Waals surface area contributed by atoms with Gasteiger partial charge in [0, 0.05) is 22.8 Å². The third-order valence-electron chi connectivity index (χ3n) is 7.46. The zero-order valence-electron chi connectivity index (χ0n) is 17.8. The first-order chi connectivity index (χ1) is 12.6. The van der Waals surface area contributed by atoms with E-state index in [9.17, 15) is 20.8 Å². The number of aromatic nitrogens is 1. The Hall–Kier alpha value is -1.17. The van der Waals surface area contributed by atoms with Gasteiger partial charge in [-0.15, -0.1) is 20.5 Å². The number of hydrogen-bond donors (Lipinski definition) is 0. The van der Waals surface area contributed by atoms with Crippen LogP contribution >= 0.6 is 0 Å². The highest BCUT2D eigenvalue weighted by Crippen LogP contribution is 2.50. The second kappa shape index (κ2) is 6.16. The van der Waals surface area contributed by atoms with Gasteiger partial charge >= 0.3 is 0 Å². The molecule has 3 heterocycles. The standard InChI is InChI=1S/C19H29N5O4/c1-16(2)17(3,4)22(26)14(21(16)25)12-9-10-13(20-11-12)15-23(27)18(5,6)19(7,8)24(15)28/h9-11,14-15H,1-8H3/q-2. The molecule has 3 rings (SSSR count).